The number of carbonyl (C=O) groups is 2. The van der Waals surface area contributed by atoms with Crippen LogP contribution in [-0.4, -0.2) is 42.7 Å². The number of amides is 2. The van der Waals surface area contributed by atoms with Crippen molar-refractivity contribution in [2.24, 2.45) is 0 Å². The van der Waals surface area contributed by atoms with Gasteiger partial charge in [-0.15, -0.1) is 11.3 Å². The Morgan fingerprint density at radius 2 is 1.64 bits per heavy atom. The Hall–Kier alpha value is -3.27. The van der Waals surface area contributed by atoms with Crippen molar-refractivity contribution in [1.29, 1.82) is 0 Å². The zero-order valence-corrected chi connectivity index (χ0v) is 21.8. The van der Waals surface area contributed by atoms with E-state index in [1.807, 2.05) is 55.6 Å². The molecule has 0 spiro atoms. The molecule has 1 aliphatic rings. The third kappa shape index (κ3) is 5.59. The number of benzene rings is 2. The molecular formula is C27H29N3O4S2. The van der Waals surface area contributed by atoms with Crippen LogP contribution in [-0.2, 0) is 14.8 Å². The van der Waals surface area contributed by atoms with E-state index < -0.39 is 10.0 Å². The highest BCUT2D eigenvalue weighted by Crippen LogP contribution is 2.31. The van der Waals surface area contributed by atoms with Gasteiger partial charge in [0.15, 0.2) is 0 Å². The van der Waals surface area contributed by atoms with Crippen molar-refractivity contribution in [3.05, 3.63) is 83.6 Å². The van der Waals surface area contributed by atoms with Crippen LogP contribution in [0.4, 0.5) is 5.69 Å². The molecule has 2 heterocycles. The Balaban J connectivity index is 1.43. The molecule has 0 bridgehead atoms. The second-order valence-electron chi connectivity index (χ2n) is 8.96. The molecule has 2 unspecified atom stereocenters. The summed E-state index contributed by atoms with van der Waals surface area (Å²) in [5.74, 6) is -0.504. The van der Waals surface area contributed by atoms with Gasteiger partial charge in [0.25, 0.3) is 5.91 Å². The monoisotopic (exact) mass is 523 g/mol. The van der Waals surface area contributed by atoms with Crippen LogP contribution in [0.3, 0.4) is 0 Å². The van der Waals surface area contributed by atoms with E-state index in [9.17, 15) is 18.0 Å². The molecule has 0 saturated carbocycles. The van der Waals surface area contributed by atoms with Crippen LogP contribution < -0.4 is 10.6 Å². The summed E-state index contributed by atoms with van der Waals surface area (Å²) < 4.78 is 28.4. The molecule has 1 fully saturated rings. The average Bonchev–Trinajstić information content (AvgIpc) is 3.35. The minimum absolute atomic E-state index is 0.107. The third-order valence-corrected chi connectivity index (χ3v) is 9.34. The molecule has 2 aromatic carbocycles. The molecule has 2 amide bonds. The van der Waals surface area contributed by atoms with E-state index in [1.165, 1.54) is 33.9 Å². The summed E-state index contributed by atoms with van der Waals surface area (Å²) >= 11 is 1.36. The first-order valence-electron chi connectivity index (χ1n) is 11.7. The Morgan fingerprint density at radius 3 is 2.25 bits per heavy atom. The molecule has 3 aromatic rings. The van der Waals surface area contributed by atoms with Gasteiger partial charge in [-0.1, -0.05) is 36.9 Å². The smallest absolute Gasteiger partial charge is 0.265 e. The van der Waals surface area contributed by atoms with E-state index in [-0.39, 0.29) is 34.8 Å². The highest BCUT2D eigenvalue weighted by atomic mass is 32.2. The number of hydrogen-bond acceptors (Lipinski definition) is 5. The van der Waals surface area contributed by atoms with Gasteiger partial charge in [-0.3, -0.25) is 9.59 Å². The van der Waals surface area contributed by atoms with E-state index in [1.54, 1.807) is 12.1 Å². The highest BCUT2D eigenvalue weighted by molar-refractivity contribution is 7.89. The Morgan fingerprint density at radius 1 is 1.00 bits per heavy atom. The summed E-state index contributed by atoms with van der Waals surface area (Å²) in [5.41, 5.74) is 2.53. The summed E-state index contributed by atoms with van der Waals surface area (Å²) in [7, 11) is -3.75. The normalized spacial score (nSPS) is 20.4. The predicted molar refractivity (Wildman–Crippen MR) is 143 cm³/mol. The van der Waals surface area contributed by atoms with Gasteiger partial charge in [-0.25, -0.2) is 8.42 Å². The molecule has 4 rings (SSSR count). The lowest BCUT2D eigenvalue weighted by molar-refractivity contribution is -0.117. The van der Waals surface area contributed by atoms with E-state index in [4.69, 9.17) is 0 Å². The number of nitrogens with zero attached hydrogens (tertiary/aromatic N) is 1. The predicted octanol–water partition coefficient (Wildman–Crippen LogP) is 4.90. The van der Waals surface area contributed by atoms with Crippen LogP contribution in [0.2, 0.25) is 0 Å². The van der Waals surface area contributed by atoms with E-state index in [2.05, 4.69) is 17.2 Å². The van der Waals surface area contributed by atoms with E-state index in [0.717, 1.165) is 11.1 Å². The Bertz CT molecular complexity index is 1340. The van der Waals surface area contributed by atoms with Crippen molar-refractivity contribution in [3.63, 3.8) is 0 Å². The number of anilines is 1. The molecular weight excluding hydrogens is 494 g/mol. The zero-order valence-electron chi connectivity index (χ0n) is 20.2. The summed E-state index contributed by atoms with van der Waals surface area (Å²) in [4.78, 5) is 25.1. The van der Waals surface area contributed by atoms with Crippen molar-refractivity contribution in [2.45, 2.75) is 49.7 Å². The minimum Gasteiger partial charge on any atom is -0.350 e. The molecule has 9 heteroatoms. The van der Waals surface area contributed by atoms with Crippen molar-refractivity contribution in [2.75, 3.05) is 5.32 Å². The molecule has 36 heavy (non-hydrogen) atoms. The van der Waals surface area contributed by atoms with Crippen molar-refractivity contribution < 1.29 is 18.0 Å². The summed E-state index contributed by atoms with van der Waals surface area (Å²) in [6, 6.07) is 17.2. The molecule has 188 valence electrons. The molecule has 2 atom stereocenters. The Labute approximate surface area is 215 Å². The number of piperidine rings is 1. The van der Waals surface area contributed by atoms with Crippen LogP contribution in [0, 0.1) is 0 Å². The average molecular weight is 524 g/mol. The van der Waals surface area contributed by atoms with Gasteiger partial charge in [0, 0.05) is 23.8 Å². The van der Waals surface area contributed by atoms with Crippen LogP contribution in [0.1, 0.15) is 36.4 Å². The standard InChI is InChI=1S/C27H29N3O4S2/c1-4-26(31)28-23-14-18(2)30(19(3)15-23)36(33,34)24-12-10-22(11-13-24)29-27(32)25-16-21(17-35-25)20-8-6-5-7-9-20/h4-13,16-19,23H,1,14-15H2,2-3H3,(H,28,31)(H,29,32). The second kappa shape index (κ2) is 10.8. The van der Waals surface area contributed by atoms with Gasteiger partial charge >= 0.3 is 0 Å². The second-order valence-corrected chi connectivity index (χ2v) is 11.7. The molecule has 0 radical (unpaired) electrons. The van der Waals surface area contributed by atoms with Gasteiger partial charge in [-0.2, -0.15) is 4.31 Å². The fourth-order valence-electron chi connectivity index (χ4n) is 4.68. The molecule has 7 nitrogen and oxygen atoms in total. The molecule has 0 aliphatic carbocycles. The van der Waals surface area contributed by atoms with E-state index >= 15 is 0 Å². The van der Waals surface area contributed by atoms with Crippen LogP contribution in [0.15, 0.2) is 83.6 Å². The first kappa shape index (κ1) is 25.8. The van der Waals surface area contributed by atoms with Gasteiger partial charge in [0.1, 0.15) is 0 Å². The summed E-state index contributed by atoms with van der Waals surface area (Å²) in [6.07, 6.45) is 2.26. The third-order valence-electron chi connectivity index (χ3n) is 6.27. The fourth-order valence-corrected chi connectivity index (χ4v) is 7.33. The van der Waals surface area contributed by atoms with Gasteiger partial charge in [-0.05, 0) is 79.6 Å². The van der Waals surface area contributed by atoms with Gasteiger partial charge in [0.2, 0.25) is 15.9 Å². The highest BCUT2D eigenvalue weighted by Gasteiger charge is 2.39. The lowest BCUT2D eigenvalue weighted by atomic mass is 9.95. The molecule has 2 N–H and O–H groups in total. The minimum atomic E-state index is -3.75. The largest absolute Gasteiger partial charge is 0.350 e. The van der Waals surface area contributed by atoms with Crippen LogP contribution in [0.5, 0.6) is 0 Å². The van der Waals surface area contributed by atoms with Crippen molar-refractivity contribution >= 4 is 38.9 Å². The number of carbonyl (C=O) groups excluding carboxylic acids is 2. The maximum absolute atomic E-state index is 13.4. The summed E-state index contributed by atoms with van der Waals surface area (Å²) in [5, 5.41) is 7.65. The van der Waals surface area contributed by atoms with Crippen LogP contribution in [0.25, 0.3) is 11.1 Å². The first-order chi connectivity index (χ1) is 17.2. The molecule has 1 aromatic heterocycles. The fraction of sp³-hybridized carbons (Fsp3) is 0.259. The van der Waals surface area contributed by atoms with Crippen LogP contribution >= 0.6 is 11.3 Å². The van der Waals surface area contributed by atoms with E-state index in [0.29, 0.717) is 23.4 Å². The maximum atomic E-state index is 13.4. The lowest BCUT2D eigenvalue weighted by Crippen LogP contribution is -2.54. The quantitative estimate of drug-likeness (QED) is 0.431. The number of sulfonamides is 1. The topological polar surface area (TPSA) is 95.6 Å². The first-order valence-corrected chi connectivity index (χ1v) is 14.0. The number of hydrogen-bond donors (Lipinski definition) is 2. The number of thiophene rings is 1. The zero-order chi connectivity index (χ0) is 25.9. The number of rotatable bonds is 7. The van der Waals surface area contributed by atoms with Gasteiger partial charge in [0.05, 0.1) is 9.77 Å². The van der Waals surface area contributed by atoms with Crippen molar-refractivity contribution in [3.8, 4) is 11.1 Å². The SMILES string of the molecule is C=CC(=O)NC1CC(C)N(S(=O)(=O)c2ccc(NC(=O)c3cc(-c4ccccc4)cs3)cc2)C(C)C1. The van der Waals surface area contributed by atoms with Crippen molar-refractivity contribution in [1.82, 2.24) is 9.62 Å². The molecule has 1 aliphatic heterocycles. The summed E-state index contributed by atoms with van der Waals surface area (Å²) in [6.45, 7) is 7.16. The number of nitrogens with one attached hydrogen (secondary N) is 2. The maximum Gasteiger partial charge on any atom is 0.265 e. The lowest BCUT2D eigenvalue weighted by Gasteiger charge is -2.41. The Kier molecular flexibility index (Phi) is 7.73. The molecule has 1 saturated heterocycles. The van der Waals surface area contributed by atoms with Gasteiger partial charge < -0.3 is 10.6 Å².